The van der Waals surface area contributed by atoms with Gasteiger partial charge in [-0.3, -0.25) is 9.78 Å². The second-order valence-electron chi connectivity index (χ2n) is 3.61. The predicted octanol–water partition coefficient (Wildman–Crippen LogP) is 2.33. The summed E-state index contributed by atoms with van der Waals surface area (Å²) in [5.74, 6) is -0.288. The molecular formula is C12H11BrN4O. The number of hydrazone groups is 1. The van der Waals surface area contributed by atoms with E-state index in [1.165, 1.54) is 0 Å². The molecule has 0 radical (unpaired) electrons. The summed E-state index contributed by atoms with van der Waals surface area (Å²) in [5.41, 5.74) is 4.49. The van der Waals surface area contributed by atoms with E-state index < -0.39 is 0 Å². The first kappa shape index (κ1) is 12.5. The third-order valence-electron chi connectivity index (χ3n) is 2.30. The van der Waals surface area contributed by atoms with Crippen molar-refractivity contribution < 1.29 is 4.79 Å². The van der Waals surface area contributed by atoms with E-state index in [2.05, 4.69) is 36.4 Å². The van der Waals surface area contributed by atoms with Gasteiger partial charge in [-0.25, -0.2) is 5.43 Å². The highest BCUT2D eigenvalue weighted by molar-refractivity contribution is 9.10. The quantitative estimate of drug-likeness (QED) is 0.675. The normalized spacial score (nSPS) is 11.3. The smallest absolute Gasteiger partial charge is 0.287 e. The molecule has 0 aliphatic carbocycles. The van der Waals surface area contributed by atoms with E-state index >= 15 is 0 Å². The number of hydrogen-bond acceptors (Lipinski definition) is 3. The summed E-state index contributed by atoms with van der Waals surface area (Å²) in [6.07, 6.45) is 5.06. The molecule has 5 nitrogen and oxygen atoms in total. The number of halogens is 1. The number of aromatic amines is 1. The van der Waals surface area contributed by atoms with Crippen molar-refractivity contribution in [2.45, 2.75) is 6.92 Å². The monoisotopic (exact) mass is 306 g/mol. The second-order valence-corrected chi connectivity index (χ2v) is 4.53. The summed E-state index contributed by atoms with van der Waals surface area (Å²) >= 11 is 3.26. The highest BCUT2D eigenvalue weighted by Gasteiger charge is 2.06. The minimum Gasteiger partial charge on any atom is -0.356 e. The van der Waals surface area contributed by atoms with Crippen LogP contribution in [0.2, 0.25) is 0 Å². The third kappa shape index (κ3) is 3.04. The molecule has 0 bridgehead atoms. The Morgan fingerprint density at radius 2 is 2.39 bits per heavy atom. The van der Waals surface area contributed by atoms with Crippen molar-refractivity contribution in [3.05, 3.63) is 52.5 Å². The number of H-pyrrole nitrogens is 1. The van der Waals surface area contributed by atoms with Gasteiger partial charge in [-0.05, 0) is 35.0 Å². The Kier molecular flexibility index (Phi) is 3.88. The molecule has 0 atom stereocenters. The minimum atomic E-state index is -0.288. The fraction of sp³-hybridized carbons (Fsp3) is 0.0833. The lowest BCUT2D eigenvalue weighted by Gasteiger charge is -2.01. The maximum atomic E-state index is 11.7. The van der Waals surface area contributed by atoms with Crippen LogP contribution >= 0.6 is 15.9 Å². The number of rotatable bonds is 3. The van der Waals surface area contributed by atoms with Gasteiger partial charge >= 0.3 is 0 Å². The molecule has 92 valence electrons. The average Bonchev–Trinajstić information content (AvgIpc) is 2.83. The van der Waals surface area contributed by atoms with Crippen LogP contribution in [0.15, 0.2) is 46.4 Å². The van der Waals surface area contributed by atoms with Crippen molar-refractivity contribution >= 4 is 27.5 Å². The SMILES string of the molecule is C/C(=N/NC(=O)c1cc(Br)c[nH]1)c1cccnc1. The third-order valence-corrected chi connectivity index (χ3v) is 2.75. The van der Waals surface area contributed by atoms with Crippen molar-refractivity contribution in [1.82, 2.24) is 15.4 Å². The van der Waals surface area contributed by atoms with Crippen molar-refractivity contribution in [1.29, 1.82) is 0 Å². The van der Waals surface area contributed by atoms with Gasteiger partial charge < -0.3 is 4.98 Å². The molecule has 2 rings (SSSR count). The van der Waals surface area contributed by atoms with E-state index in [1.807, 2.05) is 19.1 Å². The summed E-state index contributed by atoms with van der Waals surface area (Å²) in [6.45, 7) is 1.81. The van der Waals surface area contributed by atoms with Crippen molar-refractivity contribution in [3.63, 3.8) is 0 Å². The molecule has 2 aromatic heterocycles. The maximum Gasteiger partial charge on any atom is 0.287 e. The van der Waals surface area contributed by atoms with Crippen LogP contribution in [-0.4, -0.2) is 21.6 Å². The highest BCUT2D eigenvalue weighted by Crippen LogP contribution is 2.10. The number of carbonyl (C=O) groups excluding carboxylic acids is 1. The molecule has 0 saturated carbocycles. The second kappa shape index (κ2) is 5.59. The molecule has 18 heavy (non-hydrogen) atoms. The molecular weight excluding hydrogens is 296 g/mol. The first-order chi connectivity index (χ1) is 8.66. The van der Waals surface area contributed by atoms with Crippen molar-refractivity contribution in [2.75, 3.05) is 0 Å². The lowest BCUT2D eigenvalue weighted by Crippen LogP contribution is -2.19. The first-order valence-electron chi connectivity index (χ1n) is 5.26. The van der Waals surface area contributed by atoms with E-state index in [4.69, 9.17) is 0 Å². The fourth-order valence-electron chi connectivity index (χ4n) is 1.34. The Morgan fingerprint density at radius 1 is 1.56 bits per heavy atom. The average molecular weight is 307 g/mol. The van der Waals surface area contributed by atoms with Gasteiger partial charge in [0.1, 0.15) is 5.69 Å². The Balaban J connectivity index is 2.05. The summed E-state index contributed by atoms with van der Waals surface area (Å²) < 4.78 is 0.820. The van der Waals surface area contributed by atoms with Gasteiger partial charge in [0, 0.05) is 28.6 Å². The lowest BCUT2D eigenvalue weighted by atomic mass is 10.2. The van der Waals surface area contributed by atoms with Crippen LogP contribution in [0.5, 0.6) is 0 Å². The largest absolute Gasteiger partial charge is 0.356 e. The molecule has 0 unspecified atom stereocenters. The molecule has 0 saturated heterocycles. The predicted molar refractivity (Wildman–Crippen MR) is 72.4 cm³/mol. The molecule has 0 aliphatic heterocycles. The van der Waals surface area contributed by atoms with Gasteiger partial charge in [0.2, 0.25) is 0 Å². The number of nitrogens with zero attached hydrogens (tertiary/aromatic N) is 2. The molecule has 0 fully saturated rings. The van der Waals surface area contributed by atoms with Crippen LogP contribution < -0.4 is 5.43 Å². The molecule has 2 heterocycles. The Bertz CT molecular complexity index is 577. The summed E-state index contributed by atoms with van der Waals surface area (Å²) in [4.78, 5) is 18.5. The van der Waals surface area contributed by atoms with Crippen LogP contribution in [0.3, 0.4) is 0 Å². The van der Waals surface area contributed by atoms with Crippen LogP contribution in [0.1, 0.15) is 23.0 Å². The Hall–Kier alpha value is -1.95. The Morgan fingerprint density at radius 3 is 3.00 bits per heavy atom. The van der Waals surface area contributed by atoms with Crippen LogP contribution in [-0.2, 0) is 0 Å². The number of aromatic nitrogens is 2. The minimum absolute atomic E-state index is 0.288. The maximum absolute atomic E-state index is 11.7. The van der Waals surface area contributed by atoms with E-state index in [0.29, 0.717) is 11.4 Å². The number of pyridine rings is 1. The van der Waals surface area contributed by atoms with E-state index in [9.17, 15) is 4.79 Å². The molecule has 0 spiro atoms. The van der Waals surface area contributed by atoms with E-state index in [-0.39, 0.29) is 5.91 Å². The fourth-order valence-corrected chi connectivity index (χ4v) is 1.68. The van der Waals surface area contributed by atoms with Gasteiger partial charge in [0.05, 0.1) is 5.71 Å². The summed E-state index contributed by atoms with van der Waals surface area (Å²) in [5, 5.41) is 4.02. The number of nitrogens with one attached hydrogen (secondary N) is 2. The van der Waals surface area contributed by atoms with E-state index in [0.717, 1.165) is 10.0 Å². The van der Waals surface area contributed by atoms with Gasteiger partial charge in [-0.2, -0.15) is 5.10 Å². The molecule has 0 aliphatic rings. The number of amides is 1. The van der Waals surface area contributed by atoms with E-state index in [1.54, 1.807) is 24.7 Å². The molecule has 2 N–H and O–H groups in total. The van der Waals surface area contributed by atoms with Crippen molar-refractivity contribution in [2.24, 2.45) is 5.10 Å². The number of hydrogen-bond donors (Lipinski definition) is 2. The lowest BCUT2D eigenvalue weighted by molar-refractivity contribution is 0.0950. The van der Waals surface area contributed by atoms with Crippen LogP contribution in [0, 0.1) is 0 Å². The van der Waals surface area contributed by atoms with Gasteiger partial charge in [0.15, 0.2) is 0 Å². The highest BCUT2D eigenvalue weighted by atomic mass is 79.9. The van der Waals surface area contributed by atoms with Crippen LogP contribution in [0.4, 0.5) is 0 Å². The summed E-state index contributed by atoms with van der Waals surface area (Å²) in [7, 11) is 0. The standard InChI is InChI=1S/C12H11BrN4O/c1-8(9-3-2-4-14-6-9)16-17-12(18)11-5-10(13)7-15-11/h2-7,15H,1H3,(H,17,18)/b16-8-. The zero-order valence-electron chi connectivity index (χ0n) is 9.64. The zero-order chi connectivity index (χ0) is 13.0. The molecule has 0 aromatic carbocycles. The molecule has 6 heteroatoms. The molecule has 2 aromatic rings. The summed E-state index contributed by atoms with van der Waals surface area (Å²) in [6, 6.07) is 5.38. The zero-order valence-corrected chi connectivity index (χ0v) is 11.2. The Labute approximate surface area is 112 Å². The first-order valence-corrected chi connectivity index (χ1v) is 6.05. The topological polar surface area (TPSA) is 70.1 Å². The van der Waals surface area contributed by atoms with Crippen molar-refractivity contribution in [3.8, 4) is 0 Å². The van der Waals surface area contributed by atoms with Gasteiger partial charge in [0.25, 0.3) is 5.91 Å². The molecule has 1 amide bonds. The van der Waals surface area contributed by atoms with Gasteiger partial charge in [-0.15, -0.1) is 0 Å². The number of carbonyl (C=O) groups is 1. The van der Waals surface area contributed by atoms with Crippen LogP contribution in [0.25, 0.3) is 0 Å². The van der Waals surface area contributed by atoms with Gasteiger partial charge in [-0.1, -0.05) is 6.07 Å².